The van der Waals surface area contributed by atoms with Gasteiger partial charge in [-0.25, -0.2) is 0 Å². The zero-order chi connectivity index (χ0) is 22.3. The Balaban J connectivity index is 1.46. The number of carbonyl (C=O) groups is 2. The van der Waals surface area contributed by atoms with E-state index >= 15 is 0 Å². The van der Waals surface area contributed by atoms with Crippen LogP contribution >= 0.6 is 0 Å². The van der Waals surface area contributed by atoms with Crippen LogP contribution in [0.15, 0.2) is 78.9 Å². The fourth-order valence-corrected chi connectivity index (χ4v) is 3.72. The van der Waals surface area contributed by atoms with Crippen LogP contribution in [0.2, 0.25) is 0 Å². The number of nitrogen functional groups attached to an aromatic ring is 1. The summed E-state index contributed by atoms with van der Waals surface area (Å²) in [6.45, 7) is 2.59. The molecule has 0 radical (unpaired) electrons. The van der Waals surface area contributed by atoms with Gasteiger partial charge in [-0.2, -0.15) is 0 Å². The average molecular weight is 431 g/mol. The van der Waals surface area contributed by atoms with E-state index < -0.39 is 6.04 Å². The number of benzene rings is 3. The molecule has 1 atom stereocenters. The zero-order valence-electron chi connectivity index (χ0n) is 17.7. The molecule has 4 rings (SSSR count). The van der Waals surface area contributed by atoms with E-state index in [0.717, 1.165) is 5.56 Å². The largest absolute Gasteiger partial charge is 0.397 e. The Morgan fingerprint density at radius 2 is 1.50 bits per heavy atom. The second-order valence-electron chi connectivity index (χ2n) is 7.57. The quantitative estimate of drug-likeness (QED) is 0.520. The monoisotopic (exact) mass is 430 g/mol. The van der Waals surface area contributed by atoms with Crippen molar-refractivity contribution in [2.45, 2.75) is 6.04 Å². The van der Waals surface area contributed by atoms with Gasteiger partial charge in [-0.1, -0.05) is 42.5 Å². The van der Waals surface area contributed by atoms with E-state index in [0.29, 0.717) is 48.9 Å². The molecular formula is C25H26N4O3. The van der Waals surface area contributed by atoms with E-state index in [4.69, 9.17) is 10.5 Å². The van der Waals surface area contributed by atoms with Crippen molar-refractivity contribution in [3.8, 4) is 0 Å². The maximum absolute atomic E-state index is 13.2. The Bertz CT molecular complexity index is 1060. The third-order valence-electron chi connectivity index (χ3n) is 5.40. The molecule has 0 saturated carbocycles. The van der Waals surface area contributed by atoms with Gasteiger partial charge in [-0.05, 0) is 42.0 Å². The second kappa shape index (κ2) is 10.1. The minimum atomic E-state index is -0.413. The molecule has 1 aliphatic heterocycles. The van der Waals surface area contributed by atoms with Crippen molar-refractivity contribution in [2.24, 2.45) is 0 Å². The Kier molecular flexibility index (Phi) is 6.79. The van der Waals surface area contributed by atoms with E-state index in [2.05, 4.69) is 15.5 Å². The molecule has 4 N–H and O–H groups in total. The lowest BCUT2D eigenvalue weighted by molar-refractivity contribution is -0.123. The van der Waals surface area contributed by atoms with Crippen LogP contribution in [0.5, 0.6) is 0 Å². The van der Waals surface area contributed by atoms with E-state index in [-0.39, 0.29) is 11.8 Å². The van der Waals surface area contributed by atoms with Gasteiger partial charge in [0, 0.05) is 24.3 Å². The lowest BCUT2D eigenvalue weighted by Crippen LogP contribution is -2.43. The first-order valence-electron chi connectivity index (χ1n) is 10.6. The normalized spacial score (nSPS) is 15.0. The number of amides is 2. The summed E-state index contributed by atoms with van der Waals surface area (Å²) < 4.78 is 5.45. The highest BCUT2D eigenvalue weighted by molar-refractivity contribution is 6.06. The van der Waals surface area contributed by atoms with Gasteiger partial charge >= 0.3 is 0 Å². The van der Waals surface area contributed by atoms with Gasteiger partial charge in [0.25, 0.3) is 5.91 Å². The molecule has 0 bridgehead atoms. The second-order valence-corrected chi connectivity index (χ2v) is 7.57. The predicted molar refractivity (Wildman–Crippen MR) is 125 cm³/mol. The number of rotatable bonds is 6. The zero-order valence-corrected chi connectivity index (χ0v) is 17.7. The number of nitrogens with two attached hydrogens (primary N) is 1. The van der Waals surface area contributed by atoms with Crippen LogP contribution in [0, 0.1) is 0 Å². The number of para-hydroxylation sites is 2. The fourth-order valence-electron chi connectivity index (χ4n) is 3.72. The van der Waals surface area contributed by atoms with Gasteiger partial charge in [0.15, 0.2) is 0 Å². The van der Waals surface area contributed by atoms with Gasteiger partial charge in [0.05, 0.1) is 24.6 Å². The number of hydrogen-bond donors (Lipinski definition) is 3. The molecule has 7 nitrogen and oxygen atoms in total. The first kappa shape index (κ1) is 21.5. The number of nitrogens with one attached hydrogen (secondary N) is 2. The molecule has 0 spiro atoms. The molecule has 7 heteroatoms. The van der Waals surface area contributed by atoms with Crippen molar-refractivity contribution in [2.75, 3.05) is 42.7 Å². The highest BCUT2D eigenvalue weighted by atomic mass is 16.5. The van der Waals surface area contributed by atoms with Gasteiger partial charge < -0.3 is 21.1 Å². The molecule has 1 aliphatic rings. The van der Waals surface area contributed by atoms with E-state index in [1.54, 1.807) is 36.4 Å². The summed E-state index contributed by atoms with van der Waals surface area (Å²) >= 11 is 0. The summed E-state index contributed by atoms with van der Waals surface area (Å²) in [5.41, 5.74) is 8.98. The van der Waals surface area contributed by atoms with Gasteiger partial charge in [0.1, 0.15) is 6.04 Å². The van der Waals surface area contributed by atoms with Crippen molar-refractivity contribution < 1.29 is 14.3 Å². The van der Waals surface area contributed by atoms with Crippen molar-refractivity contribution in [3.63, 3.8) is 0 Å². The maximum atomic E-state index is 13.2. The van der Waals surface area contributed by atoms with Crippen LogP contribution in [-0.4, -0.2) is 43.0 Å². The first-order chi connectivity index (χ1) is 15.6. The van der Waals surface area contributed by atoms with Crippen LogP contribution in [0.1, 0.15) is 22.0 Å². The van der Waals surface area contributed by atoms with Crippen molar-refractivity contribution in [1.29, 1.82) is 0 Å². The van der Waals surface area contributed by atoms with Crippen molar-refractivity contribution in [1.82, 2.24) is 4.90 Å². The van der Waals surface area contributed by atoms with Crippen LogP contribution < -0.4 is 16.4 Å². The fraction of sp³-hybridized carbons (Fsp3) is 0.200. The number of hydrogen-bond acceptors (Lipinski definition) is 5. The van der Waals surface area contributed by atoms with E-state index in [1.807, 2.05) is 42.5 Å². The summed E-state index contributed by atoms with van der Waals surface area (Å²) in [6, 6.07) is 23.2. The van der Waals surface area contributed by atoms with Gasteiger partial charge in [0.2, 0.25) is 5.91 Å². The SMILES string of the molecule is Nc1ccccc1NC(=O)c1ccc(NC(=O)C(c2ccccc2)N2CCOCC2)cc1. The maximum Gasteiger partial charge on any atom is 0.255 e. The first-order valence-corrected chi connectivity index (χ1v) is 10.6. The Morgan fingerprint density at radius 1 is 0.844 bits per heavy atom. The molecule has 1 saturated heterocycles. The van der Waals surface area contributed by atoms with Crippen molar-refractivity contribution in [3.05, 3.63) is 90.0 Å². The minimum Gasteiger partial charge on any atom is -0.397 e. The summed E-state index contributed by atoms with van der Waals surface area (Å²) in [4.78, 5) is 27.9. The molecule has 3 aromatic carbocycles. The molecule has 164 valence electrons. The van der Waals surface area contributed by atoms with E-state index in [9.17, 15) is 9.59 Å². The lowest BCUT2D eigenvalue weighted by Gasteiger charge is -2.33. The third-order valence-corrected chi connectivity index (χ3v) is 5.40. The molecule has 2 amide bonds. The molecular weight excluding hydrogens is 404 g/mol. The topological polar surface area (TPSA) is 96.7 Å². The summed E-state index contributed by atoms with van der Waals surface area (Å²) in [6.07, 6.45) is 0. The van der Waals surface area contributed by atoms with Gasteiger partial charge in [-0.3, -0.25) is 14.5 Å². The highest BCUT2D eigenvalue weighted by Gasteiger charge is 2.29. The van der Waals surface area contributed by atoms with Gasteiger partial charge in [-0.15, -0.1) is 0 Å². The van der Waals surface area contributed by atoms with Crippen LogP contribution in [0.25, 0.3) is 0 Å². The van der Waals surface area contributed by atoms with E-state index in [1.165, 1.54) is 0 Å². The molecule has 1 heterocycles. The Morgan fingerprint density at radius 3 is 2.19 bits per heavy atom. The van der Waals surface area contributed by atoms with Crippen LogP contribution in [-0.2, 0) is 9.53 Å². The Labute approximate surface area is 187 Å². The molecule has 1 unspecified atom stereocenters. The summed E-state index contributed by atoms with van der Waals surface area (Å²) in [5.74, 6) is -0.386. The predicted octanol–water partition coefficient (Wildman–Crippen LogP) is 3.53. The number of anilines is 3. The molecule has 1 fully saturated rings. The average Bonchev–Trinajstić information content (AvgIpc) is 2.82. The third kappa shape index (κ3) is 5.14. The van der Waals surface area contributed by atoms with Crippen LogP contribution in [0.3, 0.4) is 0 Å². The Hall–Kier alpha value is -3.68. The minimum absolute atomic E-state index is 0.118. The summed E-state index contributed by atoms with van der Waals surface area (Å²) in [7, 11) is 0. The number of ether oxygens (including phenoxy) is 1. The smallest absolute Gasteiger partial charge is 0.255 e. The lowest BCUT2D eigenvalue weighted by atomic mass is 10.0. The molecule has 3 aromatic rings. The molecule has 0 aromatic heterocycles. The molecule has 0 aliphatic carbocycles. The summed E-state index contributed by atoms with van der Waals surface area (Å²) in [5, 5.41) is 5.79. The molecule has 32 heavy (non-hydrogen) atoms. The highest BCUT2D eigenvalue weighted by Crippen LogP contribution is 2.24. The number of carbonyl (C=O) groups excluding carboxylic acids is 2. The standard InChI is InChI=1S/C25H26N4O3/c26-21-8-4-5-9-22(21)28-24(30)19-10-12-20(13-11-19)27-25(31)23(18-6-2-1-3-7-18)29-14-16-32-17-15-29/h1-13,23H,14-17,26H2,(H,27,31)(H,28,30). The number of nitrogens with zero attached hydrogens (tertiary/aromatic N) is 1. The van der Waals surface area contributed by atoms with Crippen LogP contribution in [0.4, 0.5) is 17.1 Å². The van der Waals surface area contributed by atoms with Crippen molar-refractivity contribution >= 4 is 28.9 Å². The number of morpholine rings is 1.